The molecule has 1 N–H and O–H groups in total. The number of likely N-dealkylation sites (N-methyl/N-ethyl adjacent to an activating group) is 1. The summed E-state index contributed by atoms with van der Waals surface area (Å²) in [5.41, 5.74) is 0. The van der Waals surface area contributed by atoms with Crippen LogP contribution in [0.25, 0.3) is 0 Å². The molecule has 1 aliphatic rings. The Morgan fingerprint density at radius 1 is 1.28 bits per heavy atom. The molecular weight excluding hydrogens is 252 g/mol. The summed E-state index contributed by atoms with van der Waals surface area (Å²) in [6.45, 7) is 0.981. The molecule has 0 bridgehead atoms. The monoisotopic (exact) mass is 274 g/mol. The molecule has 104 valence electrons. The lowest BCUT2D eigenvalue weighted by Crippen LogP contribution is -2.44. The van der Waals surface area contributed by atoms with Crippen molar-refractivity contribution in [2.24, 2.45) is 0 Å². The average Bonchev–Trinajstić information content (AvgIpc) is 2.34. The second kappa shape index (κ2) is 7.63. The number of aliphatic carboxylic acids is 1. The van der Waals surface area contributed by atoms with Crippen molar-refractivity contribution in [3.8, 4) is 0 Å². The fourth-order valence-electron chi connectivity index (χ4n) is 1.89. The van der Waals surface area contributed by atoms with Gasteiger partial charge in [-0.25, -0.2) is 0 Å². The van der Waals surface area contributed by atoms with Gasteiger partial charge in [0.2, 0.25) is 5.91 Å². The zero-order valence-corrected chi connectivity index (χ0v) is 11.9. The van der Waals surface area contributed by atoms with E-state index in [4.69, 9.17) is 5.11 Å². The van der Waals surface area contributed by atoms with E-state index in [-0.39, 0.29) is 17.7 Å². The molecule has 18 heavy (non-hydrogen) atoms. The van der Waals surface area contributed by atoms with Crippen LogP contribution in [0.4, 0.5) is 0 Å². The summed E-state index contributed by atoms with van der Waals surface area (Å²) in [6.07, 6.45) is 3.10. The molecule has 0 saturated carbocycles. The molecule has 1 fully saturated rings. The van der Waals surface area contributed by atoms with Crippen molar-refractivity contribution >= 4 is 23.6 Å². The van der Waals surface area contributed by atoms with E-state index in [9.17, 15) is 9.59 Å². The third-order valence-corrected chi connectivity index (χ3v) is 4.27. The van der Waals surface area contributed by atoms with E-state index in [1.807, 2.05) is 19.0 Å². The van der Waals surface area contributed by atoms with Crippen LogP contribution in [0.1, 0.15) is 19.3 Å². The molecule has 0 aromatic heterocycles. The first-order valence-electron chi connectivity index (χ1n) is 6.27. The van der Waals surface area contributed by atoms with Crippen molar-refractivity contribution in [2.45, 2.75) is 24.5 Å². The fraction of sp³-hybridized carbons (Fsp3) is 0.833. The second-order valence-electron chi connectivity index (χ2n) is 4.81. The highest BCUT2D eigenvalue weighted by molar-refractivity contribution is 8.00. The van der Waals surface area contributed by atoms with Crippen molar-refractivity contribution in [3.05, 3.63) is 0 Å². The van der Waals surface area contributed by atoms with Gasteiger partial charge in [0.15, 0.2) is 0 Å². The molecule has 0 radical (unpaired) electrons. The molecule has 1 amide bonds. The summed E-state index contributed by atoms with van der Waals surface area (Å²) in [4.78, 5) is 26.5. The van der Waals surface area contributed by atoms with Gasteiger partial charge >= 0.3 is 5.97 Å². The lowest BCUT2D eigenvalue weighted by atomic mass is 10.1. The van der Waals surface area contributed by atoms with Crippen molar-refractivity contribution in [1.82, 2.24) is 9.80 Å². The Hall–Kier alpha value is -0.750. The minimum atomic E-state index is -0.942. The quantitative estimate of drug-likeness (QED) is 0.774. The molecule has 0 aromatic rings. The molecule has 0 spiro atoms. The first-order valence-corrected chi connectivity index (χ1v) is 7.32. The minimum Gasteiger partial charge on any atom is -0.480 e. The van der Waals surface area contributed by atoms with Crippen LogP contribution in [0, 0.1) is 0 Å². The summed E-state index contributed by atoms with van der Waals surface area (Å²) < 4.78 is 0. The number of rotatable bonds is 6. The fourth-order valence-corrected chi connectivity index (χ4v) is 3.17. The van der Waals surface area contributed by atoms with E-state index >= 15 is 0 Å². The molecular formula is C12H22N2O3S. The SMILES string of the molecule is CN(C)CCN(CC(=O)O)C(=O)C1CCCCS1. The highest BCUT2D eigenvalue weighted by atomic mass is 32.2. The van der Waals surface area contributed by atoms with Gasteiger partial charge in [0, 0.05) is 13.1 Å². The van der Waals surface area contributed by atoms with Gasteiger partial charge in [0.1, 0.15) is 6.54 Å². The van der Waals surface area contributed by atoms with Gasteiger partial charge in [-0.05, 0) is 32.7 Å². The van der Waals surface area contributed by atoms with E-state index in [1.54, 1.807) is 11.8 Å². The standard InChI is InChI=1S/C12H22N2O3S/c1-13(2)6-7-14(9-11(15)16)12(17)10-5-3-4-8-18-10/h10H,3-9H2,1-2H3,(H,15,16). The molecule has 1 unspecified atom stereocenters. The molecule has 1 rings (SSSR count). The number of carboxylic acids is 1. The third-order valence-electron chi connectivity index (χ3n) is 2.91. The normalized spacial score (nSPS) is 19.8. The molecule has 1 aliphatic heterocycles. The van der Waals surface area contributed by atoms with Gasteiger partial charge in [-0.3, -0.25) is 9.59 Å². The van der Waals surface area contributed by atoms with Gasteiger partial charge < -0.3 is 14.9 Å². The molecule has 5 nitrogen and oxygen atoms in total. The van der Waals surface area contributed by atoms with Crippen LogP contribution in [0.2, 0.25) is 0 Å². The van der Waals surface area contributed by atoms with E-state index in [2.05, 4.69) is 0 Å². The highest BCUT2D eigenvalue weighted by Gasteiger charge is 2.27. The van der Waals surface area contributed by atoms with Crippen LogP contribution in [0.3, 0.4) is 0 Å². The van der Waals surface area contributed by atoms with Crippen LogP contribution in [-0.2, 0) is 9.59 Å². The number of carbonyl (C=O) groups is 2. The van der Waals surface area contributed by atoms with Gasteiger partial charge in [-0.1, -0.05) is 6.42 Å². The van der Waals surface area contributed by atoms with Crippen molar-refractivity contribution < 1.29 is 14.7 Å². The largest absolute Gasteiger partial charge is 0.480 e. The lowest BCUT2D eigenvalue weighted by Gasteiger charge is -2.28. The summed E-state index contributed by atoms with van der Waals surface area (Å²) >= 11 is 1.66. The second-order valence-corrected chi connectivity index (χ2v) is 6.12. The lowest BCUT2D eigenvalue weighted by molar-refractivity contribution is -0.144. The third kappa shape index (κ3) is 5.27. The van der Waals surface area contributed by atoms with Gasteiger partial charge in [-0.15, -0.1) is 11.8 Å². The predicted molar refractivity (Wildman–Crippen MR) is 72.9 cm³/mol. The van der Waals surface area contributed by atoms with E-state index in [0.29, 0.717) is 13.1 Å². The zero-order chi connectivity index (χ0) is 13.5. The number of nitrogens with zero attached hydrogens (tertiary/aromatic N) is 2. The van der Waals surface area contributed by atoms with Gasteiger partial charge in [-0.2, -0.15) is 0 Å². The topological polar surface area (TPSA) is 60.9 Å². The number of amides is 1. The van der Waals surface area contributed by atoms with Crippen LogP contribution < -0.4 is 0 Å². The first-order chi connectivity index (χ1) is 8.50. The maximum atomic E-state index is 12.3. The summed E-state index contributed by atoms with van der Waals surface area (Å²) in [5, 5.41) is 8.84. The van der Waals surface area contributed by atoms with Crippen LogP contribution in [-0.4, -0.2) is 71.5 Å². The smallest absolute Gasteiger partial charge is 0.323 e. The summed E-state index contributed by atoms with van der Waals surface area (Å²) in [5.74, 6) is 0.0530. The highest BCUT2D eigenvalue weighted by Crippen LogP contribution is 2.26. The Kier molecular flexibility index (Phi) is 6.49. The van der Waals surface area contributed by atoms with Crippen molar-refractivity contribution in [3.63, 3.8) is 0 Å². The average molecular weight is 274 g/mol. The molecule has 1 heterocycles. The number of carboxylic acid groups (broad SMARTS) is 1. The number of thioether (sulfide) groups is 1. The Balaban J connectivity index is 2.55. The van der Waals surface area contributed by atoms with Crippen LogP contribution in [0.5, 0.6) is 0 Å². The molecule has 0 aromatic carbocycles. The van der Waals surface area contributed by atoms with Crippen LogP contribution in [0.15, 0.2) is 0 Å². The molecule has 1 atom stereocenters. The van der Waals surface area contributed by atoms with E-state index < -0.39 is 5.97 Å². The number of hydrogen-bond donors (Lipinski definition) is 1. The zero-order valence-electron chi connectivity index (χ0n) is 11.1. The molecule has 0 aliphatic carbocycles. The van der Waals surface area contributed by atoms with Crippen LogP contribution >= 0.6 is 11.8 Å². The number of hydrogen-bond acceptors (Lipinski definition) is 4. The maximum Gasteiger partial charge on any atom is 0.323 e. The predicted octanol–water partition coefficient (Wildman–Crippen LogP) is 0.747. The molecule has 1 saturated heterocycles. The summed E-state index contributed by atoms with van der Waals surface area (Å²) in [6, 6.07) is 0. The van der Waals surface area contributed by atoms with E-state index in [1.165, 1.54) is 4.90 Å². The van der Waals surface area contributed by atoms with Gasteiger partial charge in [0.25, 0.3) is 0 Å². The maximum absolute atomic E-state index is 12.3. The van der Waals surface area contributed by atoms with E-state index in [0.717, 1.165) is 25.0 Å². The Morgan fingerprint density at radius 2 is 2.00 bits per heavy atom. The molecule has 6 heteroatoms. The number of carbonyl (C=O) groups excluding carboxylic acids is 1. The first kappa shape index (κ1) is 15.3. The summed E-state index contributed by atoms with van der Waals surface area (Å²) in [7, 11) is 3.83. The van der Waals surface area contributed by atoms with Crippen molar-refractivity contribution in [2.75, 3.05) is 39.5 Å². The Morgan fingerprint density at radius 3 is 2.50 bits per heavy atom. The van der Waals surface area contributed by atoms with Crippen molar-refractivity contribution in [1.29, 1.82) is 0 Å². The Bertz CT molecular complexity index is 291. The minimum absolute atomic E-state index is 0.0102. The van der Waals surface area contributed by atoms with Gasteiger partial charge in [0.05, 0.1) is 5.25 Å². The Labute approximate surface area is 113 Å².